The Kier molecular flexibility index (Phi) is 492. The number of halogens is 3. The Labute approximate surface area is 80.4 Å². The van der Waals surface area contributed by atoms with Crippen molar-refractivity contribution in [2.24, 2.45) is 0 Å². The maximum atomic E-state index is 0. The van der Waals surface area contributed by atoms with Crippen LogP contribution in [0.2, 0.25) is 0 Å². The first-order chi connectivity index (χ1) is 0. The van der Waals surface area contributed by atoms with Crippen molar-refractivity contribution in [3.05, 3.63) is 0 Å². The summed E-state index contributed by atoms with van der Waals surface area (Å²) in [5.74, 6) is 0. The van der Waals surface area contributed by atoms with Crippen LogP contribution in [-0.4, -0.2) is 48.9 Å². The first kappa shape index (κ1) is 64.4. The molecular weight excluding hydrogens is 201 g/mol. The predicted octanol–water partition coefficient (Wildman–Crippen LogP) is -12.4. The second kappa shape index (κ2) is 38.2. The molecule has 0 aliphatic carbocycles. The van der Waals surface area contributed by atoms with E-state index >= 15 is 0 Å². The van der Waals surface area contributed by atoms with Crippen LogP contribution in [0.1, 0.15) is 0 Å². The van der Waals surface area contributed by atoms with Crippen LogP contribution >= 0.6 is 0 Å². The molecule has 0 N–H and O–H groups in total. The number of rotatable bonds is 0. The van der Waals surface area contributed by atoms with E-state index < -0.39 is 0 Å². The molecule has 0 aromatic carbocycles. The van der Waals surface area contributed by atoms with Crippen LogP contribution in [0, 0.1) is 0 Å². The second-order valence-corrected chi connectivity index (χ2v) is 0. The van der Waals surface area contributed by atoms with Gasteiger partial charge < -0.3 is 14.1 Å². The summed E-state index contributed by atoms with van der Waals surface area (Å²) in [5, 5.41) is 0. The summed E-state index contributed by atoms with van der Waals surface area (Å²) in [5.41, 5.74) is 0. The third-order valence-electron chi connectivity index (χ3n) is 0. The Morgan fingerprint density at radius 3 is 0.600 bits per heavy atom. The molecule has 0 saturated heterocycles. The predicted molar refractivity (Wildman–Crippen MR) is 5.75 cm³/mol. The van der Waals surface area contributed by atoms with Crippen LogP contribution in [0.25, 0.3) is 0 Å². The van der Waals surface area contributed by atoms with Crippen LogP contribution in [0.4, 0.5) is 0 Å². The van der Waals surface area contributed by atoms with Gasteiger partial charge in [0.15, 0.2) is 0 Å². The maximum absolute atomic E-state index is 0. The van der Waals surface area contributed by atoms with E-state index in [-0.39, 0.29) is 81.9 Å². The molecule has 0 aromatic rings. The van der Waals surface area contributed by atoms with Gasteiger partial charge in [0.1, 0.15) is 0 Å². The molecule has 5 heavy (non-hydrogen) atoms. The molecule has 5 heteroatoms. The van der Waals surface area contributed by atoms with E-state index in [1.807, 2.05) is 0 Å². The number of hydrogen-bond acceptors (Lipinski definition) is 0. The van der Waals surface area contributed by atoms with Gasteiger partial charge in [-0.25, -0.2) is 0 Å². The zero-order valence-corrected chi connectivity index (χ0v) is 7.28. The number of hydrogen-bond donors (Lipinski definition) is 0. The molecule has 0 heterocycles. The minimum atomic E-state index is 0. The fourth-order valence-electron chi connectivity index (χ4n) is 0. The van der Waals surface area contributed by atoms with Crippen LogP contribution in [0.15, 0.2) is 0 Å². The maximum Gasteiger partial charge on any atom is 2.00 e. The summed E-state index contributed by atoms with van der Waals surface area (Å²) in [6, 6.07) is 0. The van der Waals surface area contributed by atoms with Crippen molar-refractivity contribution in [3.8, 4) is 0 Å². The zero-order chi connectivity index (χ0) is 0. The van der Waals surface area contributed by atoms with Gasteiger partial charge in [0.2, 0.25) is 0 Å². The zero-order valence-electron chi connectivity index (χ0n) is 2.84. The average Bonchev–Trinajstić information content (AvgIpc) is 0. The van der Waals surface area contributed by atoms with Gasteiger partial charge in [-0.2, -0.15) is 0 Å². The van der Waals surface area contributed by atoms with Gasteiger partial charge in [0, 0.05) is 0 Å². The second-order valence-electron chi connectivity index (χ2n) is 0. The molecule has 0 spiro atoms. The average molecular weight is 201 g/mol. The van der Waals surface area contributed by atoms with Crippen molar-refractivity contribution < 1.29 is 33.0 Å². The van der Waals surface area contributed by atoms with Crippen LogP contribution in [0.3, 0.4) is 0 Å². The van der Waals surface area contributed by atoms with E-state index in [0.717, 1.165) is 0 Å². The van der Waals surface area contributed by atoms with Gasteiger partial charge >= 0.3 is 67.7 Å². The summed E-state index contributed by atoms with van der Waals surface area (Å²) in [7, 11) is 0. The third kappa shape index (κ3) is 24.3. The van der Waals surface area contributed by atoms with E-state index in [0.29, 0.717) is 0 Å². The van der Waals surface area contributed by atoms with Crippen LogP contribution in [0.5, 0.6) is 0 Å². The van der Waals surface area contributed by atoms with E-state index in [1.165, 1.54) is 0 Å². The molecule has 0 amide bonds. The summed E-state index contributed by atoms with van der Waals surface area (Å²) in [6.45, 7) is 0. The molecule has 0 radical (unpaired) electrons. The fraction of sp³-hybridized carbons (Fsp3) is 0. The van der Waals surface area contributed by atoms with Gasteiger partial charge in [-0.3, -0.25) is 0 Å². The standard InChI is InChI=1S/Ba.3FH.Li/h;3*1H;/q+2;;;;+1/p-3. The Morgan fingerprint density at radius 2 is 0.600 bits per heavy atom. The Bertz CT molecular complexity index is 6.85. The fourth-order valence-corrected chi connectivity index (χ4v) is 0. The Balaban J connectivity index is 0. The van der Waals surface area contributed by atoms with Gasteiger partial charge in [-0.15, -0.1) is 0 Å². The van der Waals surface area contributed by atoms with Crippen LogP contribution in [-0.2, 0) is 0 Å². The normalized spacial score (nSPS) is 0. The molecule has 24 valence electrons. The first-order valence-corrected chi connectivity index (χ1v) is 0. The molecule has 0 rings (SSSR count). The van der Waals surface area contributed by atoms with Crippen molar-refractivity contribution in [1.29, 1.82) is 0 Å². The molecule has 0 aliphatic heterocycles. The summed E-state index contributed by atoms with van der Waals surface area (Å²) >= 11 is 0. The molecule has 0 bridgehead atoms. The molecule has 0 fully saturated rings. The summed E-state index contributed by atoms with van der Waals surface area (Å²) in [6.07, 6.45) is 0. The van der Waals surface area contributed by atoms with Crippen molar-refractivity contribution in [3.63, 3.8) is 0 Å². The van der Waals surface area contributed by atoms with Gasteiger partial charge in [-0.1, -0.05) is 0 Å². The molecule has 0 aromatic heterocycles. The van der Waals surface area contributed by atoms with E-state index in [2.05, 4.69) is 0 Å². The molecule has 0 saturated carbocycles. The summed E-state index contributed by atoms with van der Waals surface area (Å²) < 4.78 is 0. The molecule has 0 unspecified atom stereocenters. The molecule has 0 nitrogen and oxygen atoms in total. The quantitative estimate of drug-likeness (QED) is 0.341. The topological polar surface area (TPSA) is 0 Å². The molecule has 0 atom stereocenters. The van der Waals surface area contributed by atoms with Gasteiger partial charge in [0.05, 0.1) is 0 Å². The van der Waals surface area contributed by atoms with E-state index in [1.54, 1.807) is 0 Å². The van der Waals surface area contributed by atoms with Gasteiger partial charge in [0.25, 0.3) is 0 Å². The van der Waals surface area contributed by atoms with E-state index in [9.17, 15) is 0 Å². The Morgan fingerprint density at radius 1 is 0.600 bits per heavy atom. The largest absolute Gasteiger partial charge is 2.00 e. The monoisotopic (exact) mass is 202 g/mol. The SMILES string of the molecule is [Ba+2].[F-].[F-].[F-].[Li+]. The van der Waals surface area contributed by atoms with Crippen molar-refractivity contribution in [2.75, 3.05) is 0 Å². The smallest absolute Gasteiger partial charge is 1.00 e. The van der Waals surface area contributed by atoms with Crippen LogP contribution < -0.4 is 33.0 Å². The van der Waals surface area contributed by atoms with E-state index in [4.69, 9.17) is 0 Å². The van der Waals surface area contributed by atoms with Crippen molar-refractivity contribution >= 4 is 48.9 Å². The molecule has 0 aliphatic rings. The minimum absolute atomic E-state index is 0. The van der Waals surface area contributed by atoms with Gasteiger partial charge in [-0.05, 0) is 0 Å². The summed E-state index contributed by atoms with van der Waals surface area (Å²) in [4.78, 5) is 0. The molecular formula is BaF3Li. The minimum Gasteiger partial charge on any atom is -1.00 e. The third-order valence-corrected chi connectivity index (χ3v) is 0. The van der Waals surface area contributed by atoms with Crippen molar-refractivity contribution in [1.82, 2.24) is 0 Å². The van der Waals surface area contributed by atoms with Crippen molar-refractivity contribution in [2.45, 2.75) is 0 Å². The first-order valence-electron chi connectivity index (χ1n) is 0. The Hall–Kier alpha value is 1.96.